The molecule has 1 atom stereocenters. The van der Waals surface area contributed by atoms with E-state index in [1.807, 2.05) is 0 Å². The third kappa shape index (κ3) is 3.81. The highest BCUT2D eigenvalue weighted by Gasteiger charge is 2.28. The summed E-state index contributed by atoms with van der Waals surface area (Å²) in [5.41, 5.74) is 0.506. The first-order valence-corrected chi connectivity index (χ1v) is 8.14. The molecule has 1 fully saturated rings. The molecule has 0 spiro atoms. The molecular weight excluding hydrogens is 268 g/mol. The van der Waals surface area contributed by atoms with Crippen LogP contribution in [0.4, 0.5) is 0 Å². The minimum Gasteiger partial charge on any atom is -0.472 e. The van der Waals surface area contributed by atoms with Crippen LogP contribution in [-0.4, -0.2) is 44.6 Å². The molecule has 2 heterocycles. The van der Waals surface area contributed by atoms with Gasteiger partial charge in [0.15, 0.2) is 0 Å². The van der Waals surface area contributed by atoms with Gasteiger partial charge in [0.2, 0.25) is 10.0 Å². The Labute approximate surface area is 112 Å². The van der Waals surface area contributed by atoms with Crippen LogP contribution in [0.1, 0.15) is 29.6 Å². The molecule has 0 saturated carbocycles. The van der Waals surface area contributed by atoms with E-state index in [2.05, 4.69) is 4.72 Å². The Kier molecular flexibility index (Phi) is 4.26. The lowest BCUT2D eigenvalue weighted by Gasteiger charge is -2.35. The van der Waals surface area contributed by atoms with Gasteiger partial charge in [-0.25, -0.2) is 13.1 Å². The molecule has 1 aromatic heterocycles. The molecule has 0 unspecified atom stereocenters. The van der Waals surface area contributed by atoms with E-state index >= 15 is 0 Å². The molecule has 1 N–H and O–H groups in total. The molecule has 2 rings (SSSR count). The topological polar surface area (TPSA) is 79.6 Å². The van der Waals surface area contributed by atoms with Gasteiger partial charge in [0.05, 0.1) is 18.1 Å². The normalized spacial score (nSPS) is 20.5. The van der Waals surface area contributed by atoms with Crippen molar-refractivity contribution < 1.29 is 17.6 Å². The van der Waals surface area contributed by atoms with Crippen LogP contribution < -0.4 is 4.72 Å². The number of nitrogens with one attached hydrogen (secondary N) is 1. The van der Waals surface area contributed by atoms with Crippen molar-refractivity contribution in [2.45, 2.75) is 25.3 Å². The lowest BCUT2D eigenvalue weighted by Crippen LogP contribution is -2.49. The van der Waals surface area contributed by atoms with Gasteiger partial charge in [0, 0.05) is 19.1 Å². The summed E-state index contributed by atoms with van der Waals surface area (Å²) in [5.74, 6) is -0.103. The van der Waals surface area contributed by atoms with E-state index in [0.29, 0.717) is 12.1 Å². The molecule has 6 nitrogen and oxygen atoms in total. The van der Waals surface area contributed by atoms with E-state index in [1.165, 1.54) is 12.5 Å². The van der Waals surface area contributed by atoms with Crippen LogP contribution in [0.5, 0.6) is 0 Å². The van der Waals surface area contributed by atoms with Crippen LogP contribution >= 0.6 is 0 Å². The summed E-state index contributed by atoms with van der Waals surface area (Å²) in [4.78, 5) is 14.0. The van der Waals surface area contributed by atoms with Gasteiger partial charge in [-0.3, -0.25) is 4.79 Å². The smallest absolute Gasteiger partial charge is 0.257 e. The molecule has 0 bridgehead atoms. The van der Waals surface area contributed by atoms with Gasteiger partial charge < -0.3 is 9.32 Å². The second-order valence-corrected chi connectivity index (χ2v) is 6.61. The fourth-order valence-corrected chi connectivity index (χ4v) is 2.77. The maximum Gasteiger partial charge on any atom is 0.257 e. The van der Waals surface area contributed by atoms with Crippen molar-refractivity contribution in [1.29, 1.82) is 0 Å². The number of amides is 1. The fraction of sp³-hybridized carbons (Fsp3) is 0.583. The van der Waals surface area contributed by atoms with Crippen molar-refractivity contribution in [3.8, 4) is 0 Å². The Balaban J connectivity index is 2.05. The van der Waals surface area contributed by atoms with E-state index in [4.69, 9.17) is 4.42 Å². The van der Waals surface area contributed by atoms with Crippen LogP contribution in [0.15, 0.2) is 23.0 Å². The van der Waals surface area contributed by atoms with Crippen LogP contribution in [0.3, 0.4) is 0 Å². The lowest BCUT2D eigenvalue weighted by atomic mass is 10.0. The minimum absolute atomic E-state index is 0.0918. The number of carbonyl (C=O) groups is 1. The first-order valence-electron chi connectivity index (χ1n) is 6.25. The van der Waals surface area contributed by atoms with E-state index in [0.717, 1.165) is 25.5 Å². The Hall–Kier alpha value is -1.34. The summed E-state index contributed by atoms with van der Waals surface area (Å²) in [6.07, 6.45) is 6.76. The Bertz CT molecular complexity index is 524. The van der Waals surface area contributed by atoms with Gasteiger partial charge in [0.1, 0.15) is 6.26 Å². The highest BCUT2D eigenvalue weighted by Crippen LogP contribution is 2.19. The lowest BCUT2D eigenvalue weighted by molar-refractivity contribution is 0.0618. The molecule has 1 amide bonds. The number of furan rings is 1. The monoisotopic (exact) mass is 286 g/mol. The zero-order chi connectivity index (χ0) is 13.9. The molecule has 106 valence electrons. The second kappa shape index (κ2) is 5.75. The van der Waals surface area contributed by atoms with Crippen molar-refractivity contribution in [1.82, 2.24) is 9.62 Å². The number of sulfonamides is 1. The molecule has 1 saturated heterocycles. The average molecular weight is 286 g/mol. The van der Waals surface area contributed by atoms with Crippen molar-refractivity contribution >= 4 is 15.9 Å². The third-order valence-electron chi connectivity index (χ3n) is 3.24. The summed E-state index contributed by atoms with van der Waals surface area (Å²) in [5, 5.41) is 0. The van der Waals surface area contributed by atoms with Crippen LogP contribution in [0.2, 0.25) is 0 Å². The van der Waals surface area contributed by atoms with Crippen molar-refractivity contribution in [2.75, 3.05) is 19.3 Å². The van der Waals surface area contributed by atoms with Gasteiger partial charge in [0.25, 0.3) is 5.91 Å². The zero-order valence-electron chi connectivity index (χ0n) is 10.8. The predicted octanol–water partition coefficient (Wildman–Crippen LogP) is 0.823. The maximum absolute atomic E-state index is 12.3. The molecule has 1 aromatic rings. The second-order valence-electron chi connectivity index (χ2n) is 4.78. The van der Waals surface area contributed by atoms with E-state index in [9.17, 15) is 13.2 Å². The molecular formula is C12H18N2O4S. The van der Waals surface area contributed by atoms with E-state index in [-0.39, 0.29) is 18.5 Å². The van der Waals surface area contributed by atoms with E-state index < -0.39 is 10.0 Å². The van der Waals surface area contributed by atoms with Gasteiger partial charge in [-0.05, 0) is 25.3 Å². The number of nitrogens with zero attached hydrogens (tertiary/aromatic N) is 1. The van der Waals surface area contributed by atoms with Crippen LogP contribution in [0, 0.1) is 0 Å². The Morgan fingerprint density at radius 2 is 2.32 bits per heavy atom. The summed E-state index contributed by atoms with van der Waals surface area (Å²) in [6, 6.07) is 1.53. The molecule has 0 aliphatic carbocycles. The largest absolute Gasteiger partial charge is 0.472 e. The minimum atomic E-state index is -3.23. The number of rotatable bonds is 4. The summed E-state index contributed by atoms with van der Waals surface area (Å²) < 4.78 is 29.7. The predicted molar refractivity (Wildman–Crippen MR) is 70.2 cm³/mol. The molecule has 0 radical (unpaired) electrons. The average Bonchev–Trinajstić information content (AvgIpc) is 2.89. The van der Waals surface area contributed by atoms with Gasteiger partial charge in [-0.2, -0.15) is 0 Å². The molecule has 1 aliphatic rings. The first-order chi connectivity index (χ1) is 8.97. The van der Waals surface area contributed by atoms with Crippen molar-refractivity contribution in [3.05, 3.63) is 24.2 Å². The SMILES string of the molecule is CS(=O)(=O)NC[C@@H]1CCCCN1C(=O)c1ccoc1. The van der Waals surface area contributed by atoms with Crippen molar-refractivity contribution in [2.24, 2.45) is 0 Å². The number of carbonyl (C=O) groups excluding carboxylic acids is 1. The zero-order valence-corrected chi connectivity index (χ0v) is 11.6. The summed E-state index contributed by atoms with van der Waals surface area (Å²) in [7, 11) is -3.23. The van der Waals surface area contributed by atoms with Gasteiger partial charge in [-0.1, -0.05) is 0 Å². The maximum atomic E-state index is 12.3. The third-order valence-corrected chi connectivity index (χ3v) is 3.93. The van der Waals surface area contributed by atoms with Crippen molar-refractivity contribution in [3.63, 3.8) is 0 Å². The Morgan fingerprint density at radius 1 is 1.53 bits per heavy atom. The highest BCUT2D eigenvalue weighted by molar-refractivity contribution is 7.88. The van der Waals surface area contributed by atoms with Gasteiger partial charge in [-0.15, -0.1) is 0 Å². The number of hydrogen-bond acceptors (Lipinski definition) is 4. The molecule has 0 aromatic carbocycles. The highest BCUT2D eigenvalue weighted by atomic mass is 32.2. The fourth-order valence-electron chi connectivity index (χ4n) is 2.28. The van der Waals surface area contributed by atoms with Gasteiger partial charge >= 0.3 is 0 Å². The number of likely N-dealkylation sites (tertiary alicyclic amines) is 1. The standard InChI is InChI=1S/C12H18N2O4S/c1-19(16,17)13-8-11-4-2-3-6-14(11)12(15)10-5-7-18-9-10/h5,7,9,11,13H,2-4,6,8H2,1H3/t11-/m0/s1. The Morgan fingerprint density at radius 3 is 2.95 bits per heavy atom. The molecule has 7 heteroatoms. The van der Waals surface area contributed by atoms with E-state index in [1.54, 1.807) is 11.0 Å². The first kappa shape index (κ1) is 14.1. The molecule has 19 heavy (non-hydrogen) atoms. The van der Waals surface area contributed by atoms with Crippen LogP contribution in [-0.2, 0) is 10.0 Å². The van der Waals surface area contributed by atoms with Crippen LogP contribution in [0.25, 0.3) is 0 Å². The number of piperidine rings is 1. The number of hydrogen-bond donors (Lipinski definition) is 1. The quantitative estimate of drug-likeness (QED) is 0.889. The molecule has 1 aliphatic heterocycles. The summed E-state index contributed by atoms with van der Waals surface area (Å²) in [6.45, 7) is 0.919. The summed E-state index contributed by atoms with van der Waals surface area (Å²) >= 11 is 0.